The van der Waals surface area contributed by atoms with Gasteiger partial charge in [-0.1, -0.05) is 37.9 Å². The smallest absolute Gasteiger partial charge is 0.131 e. The summed E-state index contributed by atoms with van der Waals surface area (Å²) in [5.74, 6) is -1.10. The summed E-state index contributed by atoms with van der Waals surface area (Å²) in [6, 6.07) is 3.76. The van der Waals surface area contributed by atoms with E-state index in [2.05, 4.69) is 31.9 Å². The van der Waals surface area contributed by atoms with Crippen molar-refractivity contribution in [3.8, 4) is 0 Å². The number of rotatable bonds is 1. The Kier molecular flexibility index (Phi) is 3.01. The number of benzene rings is 1. The first-order chi connectivity index (χ1) is 5.13. The SMILES string of the molecule is Fc1cccc(F)c1C(Br)Br. The molecule has 11 heavy (non-hydrogen) atoms. The Hall–Kier alpha value is 0.0400. The highest BCUT2D eigenvalue weighted by Gasteiger charge is 2.13. The highest BCUT2D eigenvalue weighted by Crippen LogP contribution is 2.32. The Morgan fingerprint density at radius 1 is 1.09 bits per heavy atom. The van der Waals surface area contributed by atoms with Crippen molar-refractivity contribution in [1.82, 2.24) is 0 Å². The third kappa shape index (κ3) is 1.99. The molecule has 60 valence electrons. The number of hydrogen-bond donors (Lipinski definition) is 0. The number of alkyl halides is 2. The van der Waals surface area contributed by atoms with Crippen molar-refractivity contribution in [1.29, 1.82) is 0 Å². The molecular weight excluding hydrogens is 282 g/mol. The molecular formula is C7H4Br2F2. The standard InChI is InChI=1S/C7H4Br2F2/c8-7(9)6-4(10)2-1-3-5(6)11/h1-3,7H. The molecule has 1 rings (SSSR count). The molecule has 0 saturated heterocycles. The molecule has 1 aromatic rings. The van der Waals surface area contributed by atoms with Crippen LogP contribution in [0.3, 0.4) is 0 Å². The zero-order chi connectivity index (χ0) is 8.43. The average molecular weight is 286 g/mol. The molecule has 0 bridgehead atoms. The van der Waals surface area contributed by atoms with Crippen LogP contribution in [0.4, 0.5) is 8.78 Å². The van der Waals surface area contributed by atoms with Crippen molar-refractivity contribution in [3.63, 3.8) is 0 Å². The van der Waals surface area contributed by atoms with E-state index in [0.717, 1.165) is 0 Å². The van der Waals surface area contributed by atoms with Crippen molar-refractivity contribution in [2.45, 2.75) is 3.74 Å². The van der Waals surface area contributed by atoms with Gasteiger partial charge in [-0.2, -0.15) is 0 Å². The van der Waals surface area contributed by atoms with E-state index in [4.69, 9.17) is 0 Å². The summed E-state index contributed by atoms with van der Waals surface area (Å²) in [6.45, 7) is 0. The van der Waals surface area contributed by atoms with Crippen LogP contribution < -0.4 is 0 Å². The molecule has 0 radical (unpaired) electrons. The monoisotopic (exact) mass is 284 g/mol. The minimum atomic E-state index is -0.552. The van der Waals surface area contributed by atoms with Crippen molar-refractivity contribution in [3.05, 3.63) is 35.4 Å². The lowest BCUT2D eigenvalue weighted by Crippen LogP contribution is -1.92. The normalized spacial score (nSPS) is 10.6. The second-order valence-electron chi connectivity index (χ2n) is 1.94. The van der Waals surface area contributed by atoms with Gasteiger partial charge in [0, 0.05) is 5.56 Å². The lowest BCUT2D eigenvalue weighted by Gasteiger charge is -2.03. The van der Waals surface area contributed by atoms with Crippen molar-refractivity contribution >= 4 is 31.9 Å². The van der Waals surface area contributed by atoms with Crippen LogP contribution in [0.25, 0.3) is 0 Å². The zero-order valence-electron chi connectivity index (χ0n) is 5.32. The summed E-state index contributed by atoms with van der Waals surface area (Å²) in [6.07, 6.45) is 0. The Bertz CT molecular complexity index is 240. The van der Waals surface area contributed by atoms with E-state index in [1.54, 1.807) is 0 Å². The molecule has 0 N–H and O–H groups in total. The van der Waals surface area contributed by atoms with Gasteiger partial charge >= 0.3 is 0 Å². The lowest BCUT2D eigenvalue weighted by atomic mass is 10.2. The van der Waals surface area contributed by atoms with Crippen LogP contribution in [0.15, 0.2) is 18.2 Å². The highest BCUT2D eigenvalue weighted by atomic mass is 79.9. The van der Waals surface area contributed by atoms with Gasteiger partial charge in [-0.05, 0) is 12.1 Å². The van der Waals surface area contributed by atoms with Gasteiger partial charge < -0.3 is 0 Å². The van der Waals surface area contributed by atoms with Gasteiger partial charge in [0.15, 0.2) is 0 Å². The van der Waals surface area contributed by atoms with Gasteiger partial charge in [0.2, 0.25) is 0 Å². The Morgan fingerprint density at radius 3 is 1.82 bits per heavy atom. The van der Waals surface area contributed by atoms with Crippen LogP contribution in [0, 0.1) is 11.6 Å². The molecule has 0 atom stereocenters. The van der Waals surface area contributed by atoms with Crippen molar-refractivity contribution in [2.24, 2.45) is 0 Å². The zero-order valence-corrected chi connectivity index (χ0v) is 8.49. The second kappa shape index (κ2) is 3.63. The Morgan fingerprint density at radius 2 is 1.55 bits per heavy atom. The molecule has 0 aromatic heterocycles. The molecule has 0 aliphatic carbocycles. The van der Waals surface area contributed by atoms with Gasteiger partial charge in [0.05, 0.1) is 0 Å². The van der Waals surface area contributed by atoms with E-state index >= 15 is 0 Å². The predicted molar refractivity (Wildman–Crippen MR) is 47.0 cm³/mol. The first-order valence-electron chi connectivity index (χ1n) is 2.85. The van der Waals surface area contributed by atoms with Crippen molar-refractivity contribution < 1.29 is 8.78 Å². The summed E-state index contributed by atoms with van der Waals surface area (Å²) >= 11 is 6.04. The lowest BCUT2D eigenvalue weighted by molar-refractivity contribution is 0.566. The largest absolute Gasteiger partial charge is 0.207 e. The minimum absolute atomic E-state index is 0.00694. The van der Waals surface area contributed by atoms with Crippen LogP contribution in [-0.4, -0.2) is 0 Å². The third-order valence-corrected chi connectivity index (χ3v) is 2.13. The molecule has 0 unspecified atom stereocenters. The van der Waals surface area contributed by atoms with Gasteiger partial charge in [-0.15, -0.1) is 0 Å². The first-order valence-corrected chi connectivity index (χ1v) is 4.68. The second-order valence-corrected chi connectivity index (χ2v) is 5.00. The van der Waals surface area contributed by atoms with Gasteiger partial charge in [0.1, 0.15) is 15.4 Å². The molecule has 0 heterocycles. The summed E-state index contributed by atoms with van der Waals surface area (Å²) in [4.78, 5) is 0. The fourth-order valence-electron chi connectivity index (χ4n) is 0.719. The molecule has 0 amide bonds. The summed E-state index contributed by atoms with van der Waals surface area (Å²) in [5.41, 5.74) is 0.00694. The van der Waals surface area contributed by atoms with Crippen LogP contribution in [0.2, 0.25) is 0 Å². The van der Waals surface area contributed by atoms with Crippen LogP contribution >= 0.6 is 31.9 Å². The van der Waals surface area contributed by atoms with Gasteiger partial charge in [-0.3, -0.25) is 0 Å². The summed E-state index contributed by atoms with van der Waals surface area (Å²) in [7, 11) is 0. The van der Waals surface area contributed by atoms with Crippen LogP contribution in [0.1, 0.15) is 9.30 Å². The fraction of sp³-hybridized carbons (Fsp3) is 0.143. The molecule has 0 saturated carbocycles. The van der Waals surface area contributed by atoms with E-state index in [1.165, 1.54) is 18.2 Å². The maximum atomic E-state index is 12.8. The molecule has 0 nitrogen and oxygen atoms in total. The molecule has 0 aliphatic heterocycles. The Balaban J connectivity index is 3.21. The fourth-order valence-corrected chi connectivity index (χ4v) is 1.59. The quantitative estimate of drug-likeness (QED) is 0.690. The summed E-state index contributed by atoms with van der Waals surface area (Å²) in [5, 5.41) is 0. The van der Waals surface area contributed by atoms with Crippen molar-refractivity contribution in [2.75, 3.05) is 0 Å². The maximum absolute atomic E-state index is 12.8. The van der Waals surface area contributed by atoms with E-state index in [9.17, 15) is 8.78 Å². The minimum Gasteiger partial charge on any atom is -0.207 e. The third-order valence-electron chi connectivity index (χ3n) is 1.22. The molecule has 1 aromatic carbocycles. The van der Waals surface area contributed by atoms with Gasteiger partial charge in [0.25, 0.3) is 0 Å². The molecule has 0 fully saturated rings. The Labute approximate surface area is 79.9 Å². The molecule has 0 aliphatic rings. The number of halogens is 4. The topological polar surface area (TPSA) is 0 Å². The first kappa shape index (κ1) is 9.13. The van der Waals surface area contributed by atoms with E-state index in [1.807, 2.05) is 0 Å². The van der Waals surface area contributed by atoms with Crippen LogP contribution in [0.5, 0.6) is 0 Å². The maximum Gasteiger partial charge on any atom is 0.131 e. The van der Waals surface area contributed by atoms with E-state index in [-0.39, 0.29) is 5.56 Å². The molecule has 4 heteroatoms. The predicted octanol–water partition coefficient (Wildman–Crippen LogP) is 3.75. The van der Waals surface area contributed by atoms with Crippen LogP contribution in [-0.2, 0) is 0 Å². The summed E-state index contributed by atoms with van der Waals surface area (Å²) < 4.78 is 25.1. The highest BCUT2D eigenvalue weighted by molar-refractivity contribution is 9.24. The van der Waals surface area contributed by atoms with Gasteiger partial charge in [-0.25, -0.2) is 8.78 Å². The van der Waals surface area contributed by atoms with E-state index in [0.29, 0.717) is 0 Å². The number of hydrogen-bond acceptors (Lipinski definition) is 0. The average Bonchev–Trinajstić information content (AvgIpc) is 1.85. The molecule has 0 spiro atoms. The van der Waals surface area contributed by atoms with E-state index < -0.39 is 15.4 Å².